The summed E-state index contributed by atoms with van der Waals surface area (Å²) in [5.41, 5.74) is -2.32. The minimum atomic E-state index is -4.78. The number of hydrogen-bond donors (Lipinski definition) is 1. The smallest absolute Gasteiger partial charge is 0.362 e. The molecule has 31 heavy (non-hydrogen) atoms. The number of benzene rings is 1. The summed E-state index contributed by atoms with van der Waals surface area (Å²) in [6.45, 7) is -0.251. The van der Waals surface area contributed by atoms with Crippen molar-refractivity contribution in [2.45, 2.75) is 30.8 Å². The third kappa shape index (κ3) is 4.54. The van der Waals surface area contributed by atoms with Crippen molar-refractivity contribution in [1.29, 1.82) is 0 Å². The molecule has 1 aliphatic carbocycles. The Kier molecular flexibility index (Phi) is 6.32. The van der Waals surface area contributed by atoms with Crippen LogP contribution in [0, 0.1) is 18.2 Å². The predicted octanol–water partition coefficient (Wildman–Crippen LogP) is 3.83. The summed E-state index contributed by atoms with van der Waals surface area (Å²) in [5, 5.41) is 6.35. The average molecular weight is 433 g/mol. The van der Waals surface area contributed by atoms with Crippen LogP contribution in [0.5, 0.6) is 0 Å². The molecule has 1 aromatic heterocycles. The molecule has 1 N–H and O–H groups in total. The summed E-state index contributed by atoms with van der Waals surface area (Å²) >= 11 is 0. The first kappa shape index (κ1) is 22.3. The minimum Gasteiger partial charge on any atom is -0.362 e. The Morgan fingerprint density at radius 3 is 2.65 bits per heavy atom. The highest BCUT2D eigenvalue weighted by Gasteiger charge is 2.42. The Morgan fingerprint density at radius 2 is 2.03 bits per heavy atom. The van der Waals surface area contributed by atoms with Crippen molar-refractivity contribution in [2.75, 3.05) is 7.11 Å². The molecule has 162 valence electrons. The van der Waals surface area contributed by atoms with Gasteiger partial charge in [-0.3, -0.25) is 4.79 Å². The topological polar surface area (TPSA) is 56.2 Å². The lowest BCUT2D eigenvalue weighted by atomic mass is 9.69. The molecule has 0 saturated carbocycles. The molecule has 3 rings (SSSR count). The van der Waals surface area contributed by atoms with Crippen LogP contribution in [0.1, 0.15) is 28.0 Å². The van der Waals surface area contributed by atoms with Gasteiger partial charge in [-0.2, -0.15) is 18.3 Å². The van der Waals surface area contributed by atoms with E-state index in [-0.39, 0.29) is 13.2 Å². The molecule has 0 radical (unpaired) electrons. The van der Waals surface area contributed by atoms with E-state index in [1.165, 1.54) is 31.4 Å². The first-order chi connectivity index (χ1) is 14.7. The highest BCUT2D eigenvalue weighted by Crippen LogP contribution is 2.37. The molecule has 1 heterocycles. The van der Waals surface area contributed by atoms with E-state index in [1.54, 1.807) is 24.3 Å². The maximum atomic E-state index is 13.5. The Balaban J connectivity index is 1.99. The minimum absolute atomic E-state index is 0.120. The van der Waals surface area contributed by atoms with Crippen molar-refractivity contribution in [3.8, 4) is 12.3 Å². The quantitative estimate of drug-likeness (QED) is 0.557. The average Bonchev–Trinajstić information content (AvgIpc) is 3.15. The normalized spacial score (nSPS) is 20.5. The Bertz CT molecular complexity index is 1050. The standard InChI is InChI=1S/C22H19F4N3O2/c1-3-11-21(15-7-9-16(23)10-8-15)12-5-4-6-18(21)27-20(30)19-17(22(24,25)26)13-29(28-19)14-31-2/h1,4-10,12-13,18H,11,14H2,2H3,(H,27,30). The molecule has 0 bridgehead atoms. The fourth-order valence-corrected chi connectivity index (χ4v) is 3.54. The maximum absolute atomic E-state index is 13.5. The van der Waals surface area contributed by atoms with Crippen LogP contribution in [0.4, 0.5) is 17.6 Å². The molecule has 9 heteroatoms. The fourth-order valence-electron chi connectivity index (χ4n) is 3.54. The predicted molar refractivity (Wildman–Crippen MR) is 105 cm³/mol. The Hall–Kier alpha value is -3.38. The maximum Gasteiger partial charge on any atom is 0.420 e. The molecule has 2 aromatic rings. The third-order valence-electron chi connectivity index (χ3n) is 4.97. The van der Waals surface area contributed by atoms with Gasteiger partial charge in [0, 0.05) is 25.1 Å². The monoisotopic (exact) mass is 433 g/mol. The summed E-state index contributed by atoms with van der Waals surface area (Å²) in [7, 11) is 1.30. The molecule has 1 aromatic carbocycles. The molecular formula is C22H19F4N3O2. The van der Waals surface area contributed by atoms with Crippen LogP contribution in [-0.4, -0.2) is 28.8 Å². The van der Waals surface area contributed by atoms with Crippen LogP contribution < -0.4 is 5.32 Å². The highest BCUT2D eigenvalue weighted by molar-refractivity contribution is 5.94. The van der Waals surface area contributed by atoms with E-state index < -0.39 is 40.6 Å². The molecule has 1 aliphatic rings. The lowest BCUT2D eigenvalue weighted by molar-refractivity contribution is -0.138. The second-order valence-electron chi connectivity index (χ2n) is 6.97. The van der Waals surface area contributed by atoms with Gasteiger partial charge in [0.05, 0.1) is 6.04 Å². The number of nitrogens with one attached hydrogen (secondary N) is 1. The molecule has 1 amide bonds. The number of hydrogen-bond acceptors (Lipinski definition) is 3. The van der Waals surface area contributed by atoms with Crippen molar-refractivity contribution in [2.24, 2.45) is 0 Å². The van der Waals surface area contributed by atoms with Gasteiger partial charge in [0.2, 0.25) is 0 Å². The van der Waals surface area contributed by atoms with Gasteiger partial charge < -0.3 is 10.1 Å². The number of alkyl halides is 3. The summed E-state index contributed by atoms with van der Waals surface area (Å²) in [6.07, 6.45) is 8.35. The number of aromatic nitrogens is 2. The number of nitrogens with zero attached hydrogens (tertiary/aromatic N) is 2. The van der Waals surface area contributed by atoms with Gasteiger partial charge in [0.1, 0.15) is 18.1 Å². The number of methoxy groups -OCH3 is 1. The van der Waals surface area contributed by atoms with Gasteiger partial charge in [-0.1, -0.05) is 36.4 Å². The molecule has 0 aliphatic heterocycles. The zero-order valence-electron chi connectivity index (χ0n) is 16.5. The first-order valence-electron chi connectivity index (χ1n) is 9.21. The Morgan fingerprint density at radius 1 is 1.32 bits per heavy atom. The van der Waals surface area contributed by atoms with E-state index in [2.05, 4.69) is 16.3 Å². The van der Waals surface area contributed by atoms with Gasteiger partial charge in [-0.15, -0.1) is 12.3 Å². The van der Waals surface area contributed by atoms with E-state index in [9.17, 15) is 22.4 Å². The van der Waals surface area contributed by atoms with Crippen molar-refractivity contribution >= 4 is 5.91 Å². The van der Waals surface area contributed by atoms with E-state index in [0.29, 0.717) is 11.8 Å². The van der Waals surface area contributed by atoms with Crippen molar-refractivity contribution in [3.63, 3.8) is 0 Å². The van der Waals surface area contributed by atoms with Crippen LogP contribution in [0.3, 0.4) is 0 Å². The van der Waals surface area contributed by atoms with Crippen LogP contribution in [0.2, 0.25) is 0 Å². The molecule has 2 atom stereocenters. The Labute approximate surface area is 176 Å². The number of carbonyl (C=O) groups excluding carboxylic acids is 1. The van der Waals surface area contributed by atoms with Crippen LogP contribution in [-0.2, 0) is 23.1 Å². The van der Waals surface area contributed by atoms with Gasteiger partial charge in [0.25, 0.3) is 5.91 Å². The zero-order chi connectivity index (χ0) is 22.6. The van der Waals surface area contributed by atoms with Crippen molar-refractivity contribution < 1.29 is 27.1 Å². The van der Waals surface area contributed by atoms with E-state index >= 15 is 0 Å². The largest absolute Gasteiger partial charge is 0.420 e. The second kappa shape index (κ2) is 8.78. The third-order valence-corrected chi connectivity index (χ3v) is 4.97. The van der Waals surface area contributed by atoms with Gasteiger partial charge >= 0.3 is 6.18 Å². The van der Waals surface area contributed by atoms with Gasteiger partial charge in [-0.25, -0.2) is 9.07 Å². The number of terminal acetylenes is 1. The van der Waals surface area contributed by atoms with E-state index in [4.69, 9.17) is 11.2 Å². The molecule has 0 spiro atoms. The number of amides is 1. The molecule has 5 nitrogen and oxygen atoms in total. The van der Waals surface area contributed by atoms with E-state index in [1.807, 2.05) is 0 Å². The van der Waals surface area contributed by atoms with Crippen molar-refractivity contribution in [1.82, 2.24) is 15.1 Å². The first-order valence-corrected chi connectivity index (χ1v) is 9.21. The zero-order valence-corrected chi connectivity index (χ0v) is 16.5. The lowest BCUT2D eigenvalue weighted by Gasteiger charge is -2.38. The van der Waals surface area contributed by atoms with Crippen LogP contribution in [0.15, 0.2) is 54.8 Å². The SMILES string of the molecule is C#CCC1(c2ccc(F)cc2)C=CC=CC1NC(=O)c1nn(COC)cc1C(F)(F)F. The van der Waals surface area contributed by atoms with Crippen LogP contribution in [0.25, 0.3) is 0 Å². The molecule has 0 saturated heterocycles. The van der Waals surface area contributed by atoms with Gasteiger partial charge in [0.15, 0.2) is 5.69 Å². The number of ether oxygens (including phenoxy) is 1. The molecule has 2 unspecified atom stereocenters. The number of allylic oxidation sites excluding steroid dienone is 2. The number of rotatable bonds is 6. The summed E-state index contributed by atoms with van der Waals surface area (Å²) in [5.74, 6) is 1.08. The summed E-state index contributed by atoms with van der Waals surface area (Å²) in [6, 6.07) is 4.79. The van der Waals surface area contributed by atoms with E-state index in [0.717, 1.165) is 4.68 Å². The number of carbonyl (C=O) groups is 1. The lowest BCUT2D eigenvalue weighted by Crippen LogP contribution is -2.49. The van der Waals surface area contributed by atoms with Crippen LogP contribution >= 0.6 is 0 Å². The van der Waals surface area contributed by atoms with Gasteiger partial charge in [-0.05, 0) is 17.7 Å². The number of halogens is 4. The fraction of sp³-hybridized carbons (Fsp3) is 0.273. The van der Waals surface area contributed by atoms with Crippen molar-refractivity contribution in [3.05, 3.63) is 77.4 Å². The molecular weight excluding hydrogens is 414 g/mol. The summed E-state index contributed by atoms with van der Waals surface area (Å²) in [4.78, 5) is 12.9. The summed E-state index contributed by atoms with van der Waals surface area (Å²) < 4.78 is 59.5. The second-order valence-corrected chi connectivity index (χ2v) is 6.97. The highest BCUT2D eigenvalue weighted by atomic mass is 19.4. The molecule has 0 fully saturated rings.